The van der Waals surface area contributed by atoms with E-state index >= 15 is 0 Å². The molecule has 0 fully saturated rings. The lowest BCUT2D eigenvalue weighted by Gasteiger charge is -2.09. The lowest BCUT2D eigenvalue weighted by Crippen LogP contribution is -2.22. The summed E-state index contributed by atoms with van der Waals surface area (Å²) in [5.41, 5.74) is 2.61. The van der Waals surface area contributed by atoms with Gasteiger partial charge >= 0.3 is 0 Å². The molecule has 2 N–H and O–H groups in total. The second kappa shape index (κ2) is 5.03. The highest BCUT2D eigenvalue weighted by Crippen LogP contribution is 2.27. The zero-order valence-corrected chi connectivity index (χ0v) is 12.6. The van der Waals surface area contributed by atoms with Crippen LogP contribution in [0.25, 0.3) is 0 Å². The van der Waals surface area contributed by atoms with Crippen LogP contribution < -0.4 is 10.6 Å². The minimum absolute atomic E-state index is 0.143. The molecular weight excluding hydrogens is 274 g/mol. The first-order chi connectivity index (χ1) is 9.56. The summed E-state index contributed by atoms with van der Waals surface area (Å²) in [6, 6.07) is 0. The summed E-state index contributed by atoms with van der Waals surface area (Å²) in [6.07, 6.45) is 0.921. The van der Waals surface area contributed by atoms with E-state index in [0.717, 1.165) is 36.5 Å². The predicted molar refractivity (Wildman–Crippen MR) is 78.4 cm³/mol. The average molecular weight is 291 g/mol. The van der Waals surface area contributed by atoms with Crippen molar-refractivity contribution in [1.82, 2.24) is 10.3 Å². The third-order valence-corrected chi connectivity index (χ3v) is 4.62. The van der Waals surface area contributed by atoms with Gasteiger partial charge < -0.3 is 9.73 Å². The largest absolute Gasteiger partial charge is 0.466 e. The number of thiazole rings is 1. The first-order valence-corrected chi connectivity index (χ1v) is 7.45. The van der Waals surface area contributed by atoms with Crippen molar-refractivity contribution in [2.75, 3.05) is 11.9 Å². The summed E-state index contributed by atoms with van der Waals surface area (Å²) in [5, 5.41) is 6.86. The summed E-state index contributed by atoms with van der Waals surface area (Å²) in [5.74, 6) is 1.30. The van der Waals surface area contributed by atoms with Crippen LogP contribution in [0.4, 0.5) is 5.13 Å². The highest BCUT2D eigenvalue weighted by molar-refractivity contribution is 7.15. The highest BCUT2D eigenvalue weighted by Gasteiger charge is 2.21. The Hall–Kier alpha value is -1.66. The second-order valence-electron chi connectivity index (χ2n) is 4.98. The Morgan fingerprint density at radius 3 is 2.80 bits per heavy atom. The first-order valence-electron chi connectivity index (χ1n) is 6.63. The molecule has 0 radical (unpaired) electrons. The fourth-order valence-corrected chi connectivity index (χ4v) is 3.44. The number of aromatic nitrogens is 1. The number of hydrogen-bond donors (Lipinski definition) is 2. The zero-order chi connectivity index (χ0) is 14.3. The van der Waals surface area contributed by atoms with Crippen molar-refractivity contribution in [2.45, 2.75) is 33.7 Å². The summed E-state index contributed by atoms with van der Waals surface area (Å²) < 4.78 is 5.50. The molecule has 1 aliphatic rings. The molecule has 20 heavy (non-hydrogen) atoms. The van der Waals surface area contributed by atoms with Gasteiger partial charge in [0.1, 0.15) is 11.5 Å². The maximum absolute atomic E-state index is 12.4. The van der Waals surface area contributed by atoms with E-state index in [0.29, 0.717) is 16.5 Å². The molecule has 106 valence electrons. The molecule has 0 aliphatic carbocycles. The fourth-order valence-electron chi connectivity index (χ4n) is 2.47. The van der Waals surface area contributed by atoms with Crippen LogP contribution in [0.3, 0.4) is 0 Å². The van der Waals surface area contributed by atoms with E-state index in [9.17, 15) is 4.79 Å². The molecule has 3 heterocycles. The number of aryl methyl sites for hydroxylation is 2. The van der Waals surface area contributed by atoms with Gasteiger partial charge in [-0.15, -0.1) is 11.3 Å². The van der Waals surface area contributed by atoms with Gasteiger partial charge in [0.05, 0.1) is 11.3 Å². The van der Waals surface area contributed by atoms with Gasteiger partial charge in [-0.1, -0.05) is 0 Å². The summed E-state index contributed by atoms with van der Waals surface area (Å²) in [4.78, 5) is 18.1. The van der Waals surface area contributed by atoms with Crippen molar-refractivity contribution < 1.29 is 9.21 Å². The van der Waals surface area contributed by atoms with Gasteiger partial charge in [0.25, 0.3) is 5.91 Å². The summed E-state index contributed by atoms with van der Waals surface area (Å²) in [6.45, 7) is 7.37. The number of carbonyl (C=O) groups excluding carboxylic acids is 1. The van der Waals surface area contributed by atoms with Crippen molar-refractivity contribution in [2.24, 2.45) is 0 Å². The standard InChI is InChI=1S/C14H17N3O2S/c1-7-8(2)19-9(3)12(7)13(18)17-14-16-10-4-5-15-6-11(10)20-14/h15H,4-6H2,1-3H3,(H,16,17,18). The topological polar surface area (TPSA) is 67.2 Å². The normalized spacial score (nSPS) is 14.2. The van der Waals surface area contributed by atoms with Crippen LogP contribution >= 0.6 is 11.3 Å². The highest BCUT2D eigenvalue weighted by atomic mass is 32.1. The Labute approximate surface area is 121 Å². The zero-order valence-electron chi connectivity index (χ0n) is 11.8. The molecule has 0 atom stereocenters. The van der Waals surface area contributed by atoms with Gasteiger partial charge in [-0.3, -0.25) is 10.1 Å². The SMILES string of the molecule is Cc1oc(C)c(C(=O)Nc2nc3c(s2)CNCC3)c1C. The number of nitrogens with zero attached hydrogens (tertiary/aromatic N) is 1. The Balaban J connectivity index is 1.84. The number of amides is 1. The van der Waals surface area contributed by atoms with Crippen molar-refractivity contribution in [1.29, 1.82) is 0 Å². The maximum atomic E-state index is 12.4. The van der Waals surface area contributed by atoms with Gasteiger partial charge in [0.2, 0.25) is 0 Å². The molecule has 0 unspecified atom stereocenters. The van der Waals surface area contributed by atoms with E-state index < -0.39 is 0 Å². The minimum Gasteiger partial charge on any atom is -0.466 e. The van der Waals surface area contributed by atoms with Gasteiger partial charge in [-0.05, 0) is 20.8 Å². The Morgan fingerprint density at radius 2 is 2.15 bits per heavy atom. The first kappa shape index (κ1) is 13.3. The average Bonchev–Trinajstić information content (AvgIpc) is 2.90. The van der Waals surface area contributed by atoms with E-state index in [2.05, 4.69) is 15.6 Å². The van der Waals surface area contributed by atoms with E-state index in [1.54, 1.807) is 11.3 Å². The molecule has 2 aromatic heterocycles. The lowest BCUT2D eigenvalue weighted by atomic mass is 10.1. The minimum atomic E-state index is -0.143. The van der Waals surface area contributed by atoms with E-state index in [4.69, 9.17) is 4.42 Å². The smallest absolute Gasteiger partial charge is 0.261 e. The maximum Gasteiger partial charge on any atom is 0.261 e. The number of hydrogen-bond acceptors (Lipinski definition) is 5. The Bertz CT molecular complexity index is 649. The van der Waals surface area contributed by atoms with Crippen LogP contribution in [0, 0.1) is 20.8 Å². The third kappa shape index (κ3) is 2.25. The quantitative estimate of drug-likeness (QED) is 0.892. The number of rotatable bonds is 2. The van der Waals surface area contributed by atoms with Crippen LogP contribution in [-0.4, -0.2) is 17.4 Å². The monoisotopic (exact) mass is 291 g/mol. The Morgan fingerprint density at radius 1 is 1.35 bits per heavy atom. The number of carbonyl (C=O) groups is 1. The van der Waals surface area contributed by atoms with Crippen molar-refractivity contribution in [3.63, 3.8) is 0 Å². The molecule has 0 saturated heterocycles. The molecule has 0 bridgehead atoms. The van der Waals surface area contributed by atoms with Crippen LogP contribution in [0.15, 0.2) is 4.42 Å². The van der Waals surface area contributed by atoms with Crippen LogP contribution in [0.5, 0.6) is 0 Å². The third-order valence-electron chi connectivity index (χ3n) is 3.61. The number of fused-ring (bicyclic) bond motifs is 1. The summed E-state index contributed by atoms with van der Waals surface area (Å²) in [7, 11) is 0. The molecule has 1 aliphatic heterocycles. The molecule has 0 saturated carbocycles. The number of anilines is 1. The molecule has 2 aromatic rings. The molecule has 1 amide bonds. The van der Waals surface area contributed by atoms with Crippen molar-refractivity contribution >= 4 is 22.4 Å². The van der Waals surface area contributed by atoms with Crippen LogP contribution in [-0.2, 0) is 13.0 Å². The molecule has 0 aromatic carbocycles. The number of furan rings is 1. The number of nitrogens with one attached hydrogen (secondary N) is 2. The molecule has 6 heteroatoms. The van der Waals surface area contributed by atoms with E-state index in [-0.39, 0.29) is 5.91 Å². The van der Waals surface area contributed by atoms with Gasteiger partial charge in [-0.2, -0.15) is 0 Å². The molecule has 0 spiro atoms. The van der Waals surface area contributed by atoms with Crippen molar-refractivity contribution in [3.8, 4) is 0 Å². The summed E-state index contributed by atoms with van der Waals surface area (Å²) >= 11 is 1.54. The van der Waals surface area contributed by atoms with E-state index in [1.807, 2.05) is 20.8 Å². The lowest BCUT2D eigenvalue weighted by molar-refractivity contribution is 0.102. The van der Waals surface area contributed by atoms with Crippen molar-refractivity contribution in [3.05, 3.63) is 33.2 Å². The van der Waals surface area contributed by atoms with Crippen LogP contribution in [0.1, 0.15) is 38.0 Å². The van der Waals surface area contributed by atoms with Gasteiger partial charge in [-0.25, -0.2) is 4.98 Å². The predicted octanol–water partition coefficient (Wildman–Crippen LogP) is 2.56. The van der Waals surface area contributed by atoms with Crippen LogP contribution in [0.2, 0.25) is 0 Å². The molecule has 3 rings (SSSR count). The van der Waals surface area contributed by atoms with Gasteiger partial charge in [0, 0.05) is 30.0 Å². The second-order valence-corrected chi connectivity index (χ2v) is 6.07. The molecular formula is C14H17N3O2S. The fraction of sp³-hybridized carbons (Fsp3) is 0.429. The van der Waals surface area contributed by atoms with E-state index in [1.165, 1.54) is 4.88 Å². The Kier molecular flexibility index (Phi) is 3.35. The van der Waals surface area contributed by atoms with Gasteiger partial charge in [0.15, 0.2) is 5.13 Å². The molecule has 5 nitrogen and oxygen atoms in total.